The highest BCUT2D eigenvalue weighted by atomic mass is 16.4. The molecule has 0 spiro atoms. The van der Waals surface area contributed by atoms with Crippen LogP contribution in [0.5, 0.6) is 0 Å². The van der Waals surface area contributed by atoms with Gasteiger partial charge in [-0.2, -0.15) is 0 Å². The van der Waals surface area contributed by atoms with Crippen molar-refractivity contribution in [3.8, 4) is 0 Å². The standard InChI is InChI=1S/C46H76O4/c47-45(48)33-29-25-21-17-13-9-5-1-3-7-11-15-19-23-27-31-41-35-37-44-40-42(36-38-43(44)39-41)32-28-24-20-16-12-8-4-2-6-10-14-18-22-26-30-34-46(49)50/h35-40H,1-34H2,(H,47,48)(H,49,50). The van der Waals surface area contributed by atoms with E-state index in [1.165, 1.54) is 202 Å². The number of rotatable bonds is 36. The topological polar surface area (TPSA) is 74.6 Å². The molecule has 0 aromatic heterocycles. The van der Waals surface area contributed by atoms with E-state index in [2.05, 4.69) is 36.4 Å². The molecule has 50 heavy (non-hydrogen) atoms. The monoisotopic (exact) mass is 693 g/mol. The lowest BCUT2D eigenvalue weighted by atomic mass is 9.98. The Morgan fingerprint density at radius 2 is 0.540 bits per heavy atom. The van der Waals surface area contributed by atoms with Crippen LogP contribution in [0.3, 0.4) is 0 Å². The third-order valence-corrected chi connectivity index (χ3v) is 10.7. The third kappa shape index (κ3) is 25.6. The van der Waals surface area contributed by atoms with Crippen LogP contribution in [0.1, 0.15) is 217 Å². The van der Waals surface area contributed by atoms with E-state index in [0.29, 0.717) is 12.8 Å². The first-order chi connectivity index (χ1) is 24.5. The number of carboxylic acid groups (broad SMARTS) is 2. The zero-order chi connectivity index (χ0) is 35.7. The molecular formula is C46H76O4. The molecule has 4 nitrogen and oxygen atoms in total. The summed E-state index contributed by atoms with van der Waals surface area (Å²) < 4.78 is 0. The zero-order valence-corrected chi connectivity index (χ0v) is 32.2. The van der Waals surface area contributed by atoms with Gasteiger partial charge in [-0.25, -0.2) is 0 Å². The predicted octanol–water partition coefficient (Wildman–Crippen LogP) is 14.6. The molecule has 0 amide bonds. The van der Waals surface area contributed by atoms with Gasteiger partial charge in [-0.1, -0.05) is 203 Å². The lowest BCUT2D eigenvalue weighted by Gasteiger charge is -2.07. The molecule has 2 rings (SSSR count). The van der Waals surface area contributed by atoms with Crippen LogP contribution in [-0.2, 0) is 22.4 Å². The largest absolute Gasteiger partial charge is 0.481 e. The lowest BCUT2D eigenvalue weighted by molar-refractivity contribution is -0.138. The minimum absolute atomic E-state index is 0.333. The van der Waals surface area contributed by atoms with Gasteiger partial charge < -0.3 is 10.2 Å². The number of carbonyl (C=O) groups is 2. The van der Waals surface area contributed by atoms with Crippen LogP contribution in [0.25, 0.3) is 10.8 Å². The Labute approximate surface area is 307 Å². The molecule has 0 atom stereocenters. The molecular weight excluding hydrogens is 617 g/mol. The van der Waals surface area contributed by atoms with Gasteiger partial charge in [0, 0.05) is 12.8 Å². The molecule has 4 heteroatoms. The van der Waals surface area contributed by atoms with Crippen molar-refractivity contribution in [1.29, 1.82) is 0 Å². The summed E-state index contributed by atoms with van der Waals surface area (Å²) >= 11 is 0. The van der Waals surface area contributed by atoms with E-state index in [1.807, 2.05) is 0 Å². The van der Waals surface area contributed by atoms with E-state index >= 15 is 0 Å². The summed E-state index contributed by atoms with van der Waals surface area (Å²) in [6.07, 6.45) is 41.9. The quantitative estimate of drug-likeness (QED) is 0.0697. The fourth-order valence-corrected chi connectivity index (χ4v) is 7.46. The summed E-state index contributed by atoms with van der Waals surface area (Å²) in [4.78, 5) is 21.1. The summed E-state index contributed by atoms with van der Waals surface area (Å²) in [7, 11) is 0. The average Bonchev–Trinajstić information content (AvgIpc) is 3.10. The number of aliphatic carboxylic acids is 2. The van der Waals surface area contributed by atoms with E-state index in [0.717, 1.165) is 25.7 Å². The summed E-state index contributed by atoms with van der Waals surface area (Å²) in [6.45, 7) is 0. The first-order valence-corrected chi connectivity index (χ1v) is 21.5. The highest BCUT2D eigenvalue weighted by molar-refractivity contribution is 5.83. The van der Waals surface area contributed by atoms with Gasteiger partial charge in [0.15, 0.2) is 0 Å². The molecule has 0 aliphatic heterocycles. The predicted molar refractivity (Wildman–Crippen MR) is 214 cm³/mol. The molecule has 2 aromatic rings. The van der Waals surface area contributed by atoms with Gasteiger partial charge in [0.1, 0.15) is 0 Å². The van der Waals surface area contributed by atoms with Gasteiger partial charge in [0.25, 0.3) is 0 Å². The van der Waals surface area contributed by atoms with Crippen molar-refractivity contribution in [2.45, 2.75) is 218 Å². The number of hydrogen-bond acceptors (Lipinski definition) is 2. The van der Waals surface area contributed by atoms with Gasteiger partial charge >= 0.3 is 11.9 Å². The number of carboxylic acids is 2. The Morgan fingerprint density at radius 1 is 0.320 bits per heavy atom. The molecule has 0 radical (unpaired) electrons. The smallest absolute Gasteiger partial charge is 0.303 e. The number of benzene rings is 2. The second kappa shape index (κ2) is 31.4. The third-order valence-electron chi connectivity index (χ3n) is 10.7. The highest BCUT2D eigenvalue weighted by Gasteiger charge is 2.02. The Morgan fingerprint density at radius 3 is 0.780 bits per heavy atom. The molecule has 0 bridgehead atoms. The molecule has 0 fully saturated rings. The van der Waals surface area contributed by atoms with E-state index in [4.69, 9.17) is 10.2 Å². The first kappa shape index (κ1) is 43.8. The molecule has 0 saturated carbocycles. The van der Waals surface area contributed by atoms with Crippen LogP contribution in [0, 0.1) is 0 Å². The number of fused-ring (bicyclic) bond motifs is 1. The second-order valence-corrected chi connectivity index (χ2v) is 15.4. The van der Waals surface area contributed by atoms with Crippen LogP contribution in [0.15, 0.2) is 36.4 Å². The fourth-order valence-electron chi connectivity index (χ4n) is 7.46. The van der Waals surface area contributed by atoms with Crippen molar-refractivity contribution >= 4 is 22.7 Å². The van der Waals surface area contributed by atoms with Gasteiger partial charge in [-0.05, 0) is 60.4 Å². The molecule has 0 aliphatic rings. The minimum atomic E-state index is -0.658. The summed E-state index contributed by atoms with van der Waals surface area (Å²) in [5, 5.41) is 20.1. The maximum absolute atomic E-state index is 10.5. The normalized spacial score (nSPS) is 11.4. The number of hydrogen-bond donors (Lipinski definition) is 2. The summed E-state index contributed by atoms with van der Waals surface area (Å²) in [5.41, 5.74) is 2.99. The maximum atomic E-state index is 10.5. The average molecular weight is 693 g/mol. The molecule has 0 heterocycles. The van der Waals surface area contributed by atoms with E-state index < -0.39 is 11.9 Å². The molecule has 2 aromatic carbocycles. The number of aryl methyl sites for hydroxylation is 2. The molecule has 0 unspecified atom stereocenters. The first-order valence-electron chi connectivity index (χ1n) is 21.5. The highest BCUT2D eigenvalue weighted by Crippen LogP contribution is 2.22. The van der Waals surface area contributed by atoms with E-state index in [1.54, 1.807) is 0 Å². The van der Waals surface area contributed by atoms with Crippen molar-refractivity contribution in [2.75, 3.05) is 0 Å². The van der Waals surface area contributed by atoms with Crippen LogP contribution in [0.2, 0.25) is 0 Å². The van der Waals surface area contributed by atoms with Gasteiger partial charge in [0.2, 0.25) is 0 Å². The minimum Gasteiger partial charge on any atom is -0.481 e. The van der Waals surface area contributed by atoms with Crippen LogP contribution >= 0.6 is 0 Å². The van der Waals surface area contributed by atoms with E-state index in [-0.39, 0.29) is 0 Å². The van der Waals surface area contributed by atoms with Crippen LogP contribution in [-0.4, -0.2) is 22.2 Å². The Bertz CT molecular complexity index is 1020. The van der Waals surface area contributed by atoms with Crippen molar-refractivity contribution in [1.82, 2.24) is 0 Å². The van der Waals surface area contributed by atoms with Crippen molar-refractivity contribution in [3.63, 3.8) is 0 Å². The van der Waals surface area contributed by atoms with Gasteiger partial charge in [0.05, 0.1) is 0 Å². The van der Waals surface area contributed by atoms with Crippen molar-refractivity contribution in [3.05, 3.63) is 47.5 Å². The molecule has 0 aliphatic carbocycles. The molecule has 2 N–H and O–H groups in total. The summed E-state index contributed by atoms with van der Waals surface area (Å²) in [5.74, 6) is -1.32. The van der Waals surface area contributed by atoms with Gasteiger partial charge in [-0.15, -0.1) is 0 Å². The zero-order valence-electron chi connectivity index (χ0n) is 32.2. The van der Waals surface area contributed by atoms with Crippen LogP contribution in [0.4, 0.5) is 0 Å². The van der Waals surface area contributed by atoms with Crippen molar-refractivity contribution < 1.29 is 19.8 Å². The Kier molecular flexibility index (Phi) is 27.5. The molecule has 0 saturated heterocycles. The SMILES string of the molecule is O=C(O)CCCCCCCCCCCCCCCCCc1ccc2cc(CCCCCCCCCCCCCCCCCC(=O)O)ccc2c1. The van der Waals surface area contributed by atoms with E-state index in [9.17, 15) is 9.59 Å². The molecule has 284 valence electrons. The number of unbranched alkanes of at least 4 members (excludes halogenated alkanes) is 28. The lowest BCUT2D eigenvalue weighted by Crippen LogP contribution is -1.93. The fraction of sp³-hybridized carbons (Fsp3) is 0.739. The van der Waals surface area contributed by atoms with Crippen LogP contribution < -0.4 is 0 Å². The van der Waals surface area contributed by atoms with Gasteiger partial charge in [-0.3, -0.25) is 9.59 Å². The Hall–Kier alpha value is -2.36. The summed E-state index contributed by atoms with van der Waals surface area (Å²) in [6, 6.07) is 14.3. The Balaban J connectivity index is 1.37. The second-order valence-electron chi connectivity index (χ2n) is 15.4. The van der Waals surface area contributed by atoms with Crippen molar-refractivity contribution in [2.24, 2.45) is 0 Å². The maximum Gasteiger partial charge on any atom is 0.303 e.